The maximum atomic E-state index is 2.44. The van der Waals surface area contributed by atoms with Gasteiger partial charge in [0.1, 0.15) is 0 Å². The molecule has 48 heavy (non-hydrogen) atoms. The minimum atomic E-state index is -0.0725. The van der Waals surface area contributed by atoms with Crippen molar-refractivity contribution in [3.63, 3.8) is 0 Å². The number of rotatable bonds is 3. The summed E-state index contributed by atoms with van der Waals surface area (Å²) >= 11 is 0. The van der Waals surface area contributed by atoms with Crippen LogP contribution in [0.2, 0.25) is 0 Å². The molecule has 0 aromatic heterocycles. The van der Waals surface area contributed by atoms with E-state index < -0.39 is 0 Å². The van der Waals surface area contributed by atoms with Gasteiger partial charge in [-0.25, -0.2) is 0 Å². The van der Waals surface area contributed by atoms with Crippen LogP contribution in [0.15, 0.2) is 140 Å². The predicted molar refractivity (Wildman–Crippen MR) is 205 cm³/mol. The molecule has 1 nitrogen and oxygen atoms in total. The number of anilines is 3. The molecule has 0 saturated heterocycles. The number of para-hydroxylation sites is 1. The molecule has 0 aliphatic heterocycles. The van der Waals surface area contributed by atoms with E-state index >= 15 is 0 Å². The monoisotopic (exact) mass is 619 g/mol. The summed E-state index contributed by atoms with van der Waals surface area (Å²) in [5, 5.41) is 5.19. The Balaban J connectivity index is 1.31. The van der Waals surface area contributed by atoms with Gasteiger partial charge in [-0.05, 0) is 113 Å². The summed E-state index contributed by atoms with van der Waals surface area (Å²) < 4.78 is 0. The van der Waals surface area contributed by atoms with Crippen LogP contribution in [-0.4, -0.2) is 0 Å². The molecule has 2 aliphatic rings. The SMILES string of the molecule is CC1(C)c2ccccc2-c2ccc(N(c3ccccc3)c3ccc4ccc5ccc6c(c5c4c3)-c3ccccc3C(C)(C)C6(C)C)cc21. The normalized spacial score (nSPS) is 16.2. The fourth-order valence-corrected chi connectivity index (χ4v) is 8.85. The lowest BCUT2D eigenvalue weighted by Crippen LogP contribution is -2.43. The summed E-state index contributed by atoms with van der Waals surface area (Å²) in [6, 6.07) is 52.3. The Kier molecular flexibility index (Phi) is 6.01. The molecule has 0 saturated carbocycles. The number of hydrogen-bond acceptors (Lipinski definition) is 1. The van der Waals surface area contributed by atoms with Gasteiger partial charge in [0.15, 0.2) is 0 Å². The molecular formula is C47H41N. The molecule has 9 rings (SSSR count). The number of nitrogens with zero attached hydrogens (tertiary/aromatic N) is 1. The molecule has 0 unspecified atom stereocenters. The fourth-order valence-electron chi connectivity index (χ4n) is 8.85. The second kappa shape index (κ2) is 9.94. The minimum absolute atomic E-state index is 0.00880. The van der Waals surface area contributed by atoms with E-state index in [-0.39, 0.29) is 16.2 Å². The first-order valence-electron chi connectivity index (χ1n) is 17.3. The van der Waals surface area contributed by atoms with Crippen LogP contribution in [0.5, 0.6) is 0 Å². The summed E-state index contributed by atoms with van der Waals surface area (Å²) in [6.07, 6.45) is 0. The van der Waals surface area contributed by atoms with Crippen LogP contribution in [-0.2, 0) is 16.2 Å². The highest BCUT2D eigenvalue weighted by atomic mass is 15.1. The van der Waals surface area contributed by atoms with Crippen molar-refractivity contribution < 1.29 is 0 Å². The van der Waals surface area contributed by atoms with Crippen LogP contribution >= 0.6 is 0 Å². The van der Waals surface area contributed by atoms with E-state index in [4.69, 9.17) is 0 Å². The van der Waals surface area contributed by atoms with Crippen molar-refractivity contribution in [1.29, 1.82) is 0 Å². The topological polar surface area (TPSA) is 3.24 Å². The first-order chi connectivity index (χ1) is 23.1. The number of hydrogen-bond donors (Lipinski definition) is 0. The first-order valence-corrected chi connectivity index (χ1v) is 17.3. The highest BCUT2D eigenvalue weighted by Crippen LogP contribution is 2.56. The van der Waals surface area contributed by atoms with Gasteiger partial charge in [-0.15, -0.1) is 0 Å². The van der Waals surface area contributed by atoms with Crippen LogP contribution in [0.4, 0.5) is 17.1 Å². The van der Waals surface area contributed by atoms with Gasteiger partial charge >= 0.3 is 0 Å². The molecular weight excluding hydrogens is 579 g/mol. The summed E-state index contributed by atoms with van der Waals surface area (Å²) in [4.78, 5) is 2.44. The second-order valence-electron chi connectivity index (χ2n) is 15.4. The quantitative estimate of drug-likeness (QED) is 0.178. The van der Waals surface area contributed by atoms with Gasteiger partial charge in [-0.2, -0.15) is 0 Å². The van der Waals surface area contributed by atoms with Gasteiger partial charge in [0, 0.05) is 22.5 Å². The minimum Gasteiger partial charge on any atom is -0.310 e. The van der Waals surface area contributed by atoms with Crippen molar-refractivity contribution in [2.24, 2.45) is 0 Å². The summed E-state index contributed by atoms with van der Waals surface area (Å²) in [7, 11) is 0. The predicted octanol–water partition coefficient (Wildman–Crippen LogP) is 13.0. The first kappa shape index (κ1) is 29.0. The molecule has 0 N–H and O–H groups in total. The largest absolute Gasteiger partial charge is 0.310 e. The average Bonchev–Trinajstić information content (AvgIpc) is 3.33. The van der Waals surface area contributed by atoms with Crippen molar-refractivity contribution in [1.82, 2.24) is 0 Å². The van der Waals surface area contributed by atoms with E-state index in [2.05, 4.69) is 186 Å². The molecule has 7 aromatic carbocycles. The molecule has 234 valence electrons. The van der Waals surface area contributed by atoms with E-state index in [1.165, 1.54) is 71.7 Å². The lowest BCUT2D eigenvalue weighted by molar-refractivity contribution is 0.299. The van der Waals surface area contributed by atoms with E-state index in [0.717, 1.165) is 11.4 Å². The molecule has 2 aliphatic carbocycles. The average molecular weight is 620 g/mol. The Morgan fingerprint density at radius 3 is 1.75 bits per heavy atom. The molecule has 0 bridgehead atoms. The Morgan fingerprint density at radius 2 is 0.958 bits per heavy atom. The van der Waals surface area contributed by atoms with Crippen molar-refractivity contribution in [3.05, 3.63) is 162 Å². The van der Waals surface area contributed by atoms with Gasteiger partial charge in [0.25, 0.3) is 0 Å². The number of benzene rings is 7. The van der Waals surface area contributed by atoms with Gasteiger partial charge in [0.05, 0.1) is 0 Å². The van der Waals surface area contributed by atoms with Crippen LogP contribution < -0.4 is 4.90 Å². The zero-order chi connectivity index (χ0) is 33.0. The Bertz CT molecular complexity index is 2430. The highest BCUT2D eigenvalue weighted by molar-refractivity contribution is 6.17. The van der Waals surface area contributed by atoms with Crippen molar-refractivity contribution in [2.45, 2.75) is 57.8 Å². The summed E-state index contributed by atoms with van der Waals surface area (Å²) in [6.45, 7) is 14.4. The standard InChI is InChI=1S/C47H41N/c1-45(2)39-18-12-10-16-35(39)36-26-25-34(29-42(36)45)48(32-14-8-7-9-15-32)33-24-22-30-20-21-31-23-27-41-44(43(31)38(30)28-33)37-17-11-13-19-40(37)46(3,4)47(41,5)6/h7-29H,1-6H3. The van der Waals surface area contributed by atoms with Crippen molar-refractivity contribution in [3.8, 4) is 22.3 Å². The molecule has 0 radical (unpaired) electrons. The zero-order valence-electron chi connectivity index (χ0n) is 28.7. The second-order valence-corrected chi connectivity index (χ2v) is 15.4. The molecule has 0 amide bonds. The molecule has 0 heterocycles. The lowest BCUT2D eigenvalue weighted by Gasteiger charge is -2.48. The fraction of sp³-hybridized carbons (Fsp3) is 0.191. The van der Waals surface area contributed by atoms with Gasteiger partial charge in [0.2, 0.25) is 0 Å². The Hall–Kier alpha value is -5.14. The van der Waals surface area contributed by atoms with Gasteiger partial charge in [-0.1, -0.05) is 145 Å². The maximum Gasteiger partial charge on any atom is 0.0468 e. The smallest absolute Gasteiger partial charge is 0.0468 e. The zero-order valence-corrected chi connectivity index (χ0v) is 28.7. The van der Waals surface area contributed by atoms with E-state index in [0.29, 0.717) is 0 Å². The maximum absolute atomic E-state index is 2.44. The molecule has 0 fully saturated rings. The van der Waals surface area contributed by atoms with E-state index in [1.54, 1.807) is 0 Å². The van der Waals surface area contributed by atoms with Crippen molar-refractivity contribution >= 4 is 38.6 Å². The third-order valence-electron chi connectivity index (χ3n) is 12.2. The summed E-state index contributed by atoms with van der Waals surface area (Å²) in [5.74, 6) is 0. The van der Waals surface area contributed by atoms with Gasteiger partial charge < -0.3 is 4.90 Å². The third kappa shape index (κ3) is 3.85. The van der Waals surface area contributed by atoms with Crippen LogP contribution in [0.1, 0.15) is 63.8 Å². The van der Waals surface area contributed by atoms with E-state index in [9.17, 15) is 0 Å². The molecule has 1 heteroatoms. The highest BCUT2D eigenvalue weighted by Gasteiger charge is 2.46. The molecule has 0 spiro atoms. The molecule has 7 aromatic rings. The molecule has 0 atom stereocenters. The van der Waals surface area contributed by atoms with Crippen molar-refractivity contribution in [2.75, 3.05) is 4.90 Å². The van der Waals surface area contributed by atoms with Crippen LogP contribution in [0, 0.1) is 0 Å². The van der Waals surface area contributed by atoms with Gasteiger partial charge in [-0.3, -0.25) is 0 Å². The van der Waals surface area contributed by atoms with Crippen LogP contribution in [0.3, 0.4) is 0 Å². The van der Waals surface area contributed by atoms with E-state index in [1.807, 2.05) is 0 Å². The Labute approximate surface area is 284 Å². The summed E-state index contributed by atoms with van der Waals surface area (Å²) in [5.41, 5.74) is 14.4. The lowest BCUT2D eigenvalue weighted by atomic mass is 9.55. The Morgan fingerprint density at radius 1 is 0.396 bits per heavy atom. The van der Waals surface area contributed by atoms with Crippen LogP contribution in [0.25, 0.3) is 43.8 Å². The third-order valence-corrected chi connectivity index (χ3v) is 12.2. The number of fused-ring (bicyclic) bond motifs is 10.